The molecular formula is C64H48N2O2. The molecule has 2 aliphatic heterocycles. The lowest BCUT2D eigenvalue weighted by Crippen LogP contribution is -2.16. The van der Waals surface area contributed by atoms with Crippen molar-refractivity contribution in [2.75, 3.05) is 9.80 Å². The van der Waals surface area contributed by atoms with Crippen LogP contribution in [0, 0.1) is 0 Å². The largest absolute Gasteiger partial charge is 0.453 e. The van der Waals surface area contributed by atoms with Gasteiger partial charge in [0.2, 0.25) is 0 Å². The Bertz CT molecular complexity index is 3760. The molecular weight excluding hydrogens is 829 g/mol. The monoisotopic (exact) mass is 876 g/mol. The molecule has 0 unspecified atom stereocenters. The van der Waals surface area contributed by atoms with Gasteiger partial charge in [-0.25, -0.2) is 0 Å². The highest BCUT2D eigenvalue weighted by Gasteiger charge is 2.30. The van der Waals surface area contributed by atoms with E-state index in [0.29, 0.717) is 0 Å². The normalized spacial score (nSPS) is 12.7. The first-order valence-corrected chi connectivity index (χ1v) is 24.0. The number of hydrogen-bond donors (Lipinski definition) is 0. The van der Waals surface area contributed by atoms with Crippen molar-refractivity contribution in [3.63, 3.8) is 0 Å². The van der Waals surface area contributed by atoms with Crippen LogP contribution in [0.4, 0.5) is 34.1 Å². The number of fused-ring (bicyclic) bond motifs is 9. The lowest BCUT2D eigenvalue weighted by molar-refractivity contribution is 0.478. The second-order valence-electron chi connectivity index (χ2n) is 18.3. The average Bonchev–Trinajstić information content (AvgIpc) is 3.39. The molecule has 0 saturated carbocycles. The zero-order valence-corrected chi connectivity index (χ0v) is 38.0. The van der Waals surface area contributed by atoms with Gasteiger partial charge in [0.05, 0.1) is 22.7 Å². The van der Waals surface area contributed by atoms with Crippen LogP contribution in [-0.2, 0) is 6.42 Å². The van der Waals surface area contributed by atoms with Crippen molar-refractivity contribution in [2.45, 2.75) is 39.0 Å². The van der Waals surface area contributed by atoms with Crippen LogP contribution in [0.1, 0.15) is 38.2 Å². The molecule has 4 heteroatoms. The molecule has 0 atom stereocenters. The van der Waals surface area contributed by atoms with Gasteiger partial charge in [0, 0.05) is 16.8 Å². The van der Waals surface area contributed by atoms with Gasteiger partial charge >= 0.3 is 0 Å². The highest BCUT2D eigenvalue weighted by molar-refractivity contribution is 6.04. The van der Waals surface area contributed by atoms with E-state index in [1.807, 2.05) is 0 Å². The molecule has 68 heavy (non-hydrogen) atoms. The maximum Gasteiger partial charge on any atom is 0.159 e. The topological polar surface area (TPSA) is 24.9 Å². The molecule has 2 heterocycles. The quantitative estimate of drug-likeness (QED) is 0.135. The number of benzene rings is 11. The molecule has 0 spiro atoms. The zero-order chi connectivity index (χ0) is 45.1. The minimum Gasteiger partial charge on any atom is -0.453 e. The van der Waals surface area contributed by atoms with Crippen molar-refractivity contribution in [1.82, 2.24) is 0 Å². The highest BCUT2D eigenvalue weighted by atomic mass is 16.5. The molecule has 0 fully saturated rings. The predicted molar refractivity (Wildman–Crippen MR) is 285 cm³/mol. The van der Waals surface area contributed by atoms with E-state index >= 15 is 0 Å². The molecule has 326 valence electrons. The summed E-state index contributed by atoms with van der Waals surface area (Å²) in [6.07, 6.45) is 6.21. The van der Waals surface area contributed by atoms with Gasteiger partial charge in [-0.3, -0.25) is 0 Å². The van der Waals surface area contributed by atoms with E-state index in [1.165, 1.54) is 69.3 Å². The molecule has 4 nitrogen and oxygen atoms in total. The van der Waals surface area contributed by atoms with E-state index in [4.69, 9.17) is 9.47 Å². The van der Waals surface area contributed by atoms with Gasteiger partial charge in [0.25, 0.3) is 0 Å². The minimum atomic E-state index is 0.793. The third-order valence-electron chi connectivity index (χ3n) is 14.0. The second kappa shape index (κ2) is 16.5. The number of anilines is 6. The summed E-state index contributed by atoms with van der Waals surface area (Å²) in [6.45, 7) is 2.27. The van der Waals surface area contributed by atoms with Crippen LogP contribution in [0.3, 0.4) is 0 Å². The van der Waals surface area contributed by atoms with Crippen molar-refractivity contribution in [1.29, 1.82) is 0 Å². The smallest absolute Gasteiger partial charge is 0.159 e. The summed E-state index contributed by atoms with van der Waals surface area (Å²) in [5, 5.41) is 9.34. The second-order valence-corrected chi connectivity index (χ2v) is 18.3. The van der Waals surface area contributed by atoms with Crippen molar-refractivity contribution in [3.8, 4) is 45.3 Å². The van der Waals surface area contributed by atoms with E-state index in [1.54, 1.807) is 0 Å². The lowest BCUT2D eigenvalue weighted by atomic mass is 9.95. The summed E-state index contributed by atoms with van der Waals surface area (Å²) in [4.78, 5) is 4.71. The van der Waals surface area contributed by atoms with Crippen LogP contribution < -0.4 is 19.3 Å². The average molecular weight is 877 g/mol. The number of ether oxygens (including phenoxy) is 2. The van der Waals surface area contributed by atoms with Crippen LogP contribution in [0.25, 0.3) is 65.3 Å². The van der Waals surface area contributed by atoms with E-state index in [2.05, 4.69) is 229 Å². The number of hydrogen-bond acceptors (Lipinski definition) is 4. The number of aryl methyl sites for hydroxylation is 1. The van der Waals surface area contributed by atoms with Gasteiger partial charge in [-0.2, -0.15) is 0 Å². The van der Waals surface area contributed by atoms with Crippen molar-refractivity contribution >= 4 is 77.2 Å². The van der Waals surface area contributed by atoms with Crippen molar-refractivity contribution in [3.05, 3.63) is 218 Å². The maximum atomic E-state index is 7.04. The summed E-state index contributed by atoms with van der Waals surface area (Å²) in [5.74, 6) is 3.26. The first-order chi connectivity index (χ1) is 33.6. The van der Waals surface area contributed by atoms with Crippen LogP contribution in [0.5, 0.6) is 23.0 Å². The molecule has 13 rings (SSSR count). The summed E-state index contributed by atoms with van der Waals surface area (Å²) >= 11 is 0. The van der Waals surface area contributed by atoms with Crippen LogP contribution in [-0.4, -0.2) is 0 Å². The van der Waals surface area contributed by atoms with Crippen LogP contribution >= 0.6 is 0 Å². The molecule has 11 aromatic rings. The third-order valence-corrected chi connectivity index (χ3v) is 14.0. The third kappa shape index (κ3) is 6.91. The fourth-order valence-corrected chi connectivity index (χ4v) is 10.5. The van der Waals surface area contributed by atoms with Crippen molar-refractivity contribution < 1.29 is 9.47 Å². The van der Waals surface area contributed by atoms with Gasteiger partial charge in [0.15, 0.2) is 23.0 Å². The lowest BCUT2D eigenvalue weighted by Gasteiger charge is -2.34. The van der Waals surface area contributed by atoms with Crippen LogP contribution in [0.15, 0.2) is 212 Å². The Morgan fingerprint density at radius 1 is 0.353 bits per heavy atom. The van der Waals surface area contributed by atoms with Gasteiger partial charge in [-0.1, -0.05) is 172 Å². The molecule has 0 radical (unpaired) electrons. The summed E-state index contributed by atoms with van der Waals surface area (Å²) in [7, 11) is 0. The molecule has 11 aromatic carbocycles. The summed E-state index contributed by atoms with van der Waals surface area (Å²) in [6, 6.07) is 77.0. The first kappa shape index (κ1) is 40.0. The van der Waals surface area contributed by atoms with E-state index in [-0.39, 0.29) is 0 Å². The van der Waals surface area contributed by atoms with Crippen LogP contribution in [0.2, 0.25) is 0 Å². The van der Waals surface area contributed by atoms with Gasteiger partial charge < -0.3 is 19.3 Å². The Morgan fingerprint density at radius 3 is 1.60 bits per heavy atom. The Kier molecular flexibility index (Phi) is 9.71. The molecule has 0 bridgehead atoms. The van der Waals surface area contributed by atoms with Gasteiger partial charge in [0.1, 0.15) is 0 Å². The van der Waals surface area contributed by atoms with Gasteiger partial charge in [-0.05, 0) is 145 Å². The fourth-order valence-electron chi connectivity index (χ4n) is 10.5. The molecule has 0 saturated heterocycles. The zero-order valence-electron chi connectivity index (χ0n) is 38.0. The Balaban J connectivity index is 0.913. The number of rotatable bonds is 9. The SMILES string of the molecule is CCCCCCc1ccc(-c2cccc3cc4c(cc23)N(c2ccc3ccccc3c2)c2ccc(-c3ccc5c(c3)Oc3c(ccc6ccccc36)N5c3ccc5ccccc5c3)cc2O4)cc1. The molecule has 0 N–H and O–H groups in total. The number of unbranched alkanes of at least 4 members (excludes halogenated alkanes) is 3. The Morgan fingerprint density at radius 2 is 0.912 bits per heavy atom. The van der Waals surface area contributed by atoms with Crippen molar-refractivity contribution in [2.24, 2.45) is 0 Å². The van der Waals surface area contributed by atoms with E-state index in [9.17, 15) is 0 Å². The Labute approximate surface area is 396 Å². The highest BCUT2D eigenvalue weighted by Crippen LogP contribution is 2.56. The molecule has 0 aromatic heterocycles. The van der Waals surface area contributed by atoms with E-state index in [0.717, 1.165) is 90.8 Å². The number of nitrogens with zero attached hydrogens (tertiary/aromatic N) is 2. The minimum absolute atomic E-state index is 0.793. The molecule has 0 aliphatic carbocycles. The standard InChI is InChI=1S/C64H48N2O2/c1-2-3-4-5-13-42-22-24-46(25-23-42)54-21-12-19-51-40-63-60(41-56(51)54)66(53-32-27-44-15-7-9-18-48(44)37-53)57-33-29-49(38-61(57)67-63)50-30-34-58-62(39-50)68-64-55-20-11-10-16-45(55)28-35-59(64)65(58)52-31-26-43-14-6-8-17-47(43)36-52/h6-12,14-41H,2-5,13H2,1H3. The summed E-state index contributed by atoms with van der Waals surface area (Å²) in [5.41, 5.74) is 12.1. The Hall–Kier alpha value is -8.34. The summed E-state index contributed by atoms with van der Waals surface area (Å²) < 4.78 is 14.0. The fraction of sp³-hybridized carbons (Fsp3) is 0.0938. The first-order valence-electron chi connectivity index (χ1n) is 24.0. The van der Waals surface area contributed by atoms with E-state index < -0.39 is 0 Å². The molecule has 0 amide bonds. The molecule has 2 aliphatic rings. The van der Waals surface area contributed by atoms with Gasteiger partial charge in [-0.15, -0.1) is 0 Å². The maximum absolute atomic E-state index is 7.04. The predicted octanol–water partition coefficient (Wildman–Crippen LogP) is 18.9.